The Balaban J connectivity index is 1.50. The first-order valence-electron chi connectivity index (χ1n) is 7.97. The van der Waals surface area contributed by atoms with Crippen LogP contribution in [0.25, 0.3) is 10.9 Å². The summed E-state index contributed by atoms with van der Waals surface area (Å²) in [5, 5.41) is 4.95. The van der Waals surface area contributed by atoms with E-state index in [1.54, 1.807) is 23.3 Å². The molecule has 24 heavy (non-hydrogen) atoms. The zero-order valence-electron chi connectivity index (χ0n) is 13.2. The van der Waals surface area contributed by atoms with E-state index in [1.807, 2.05) is 12.1 Å². The number of pyridine rings is 1. The smallest absolute Gasteiger partial charge is 0.137 e. The van der Waals surface area contributed by atoms with E-state index in [2.05, 4.69) is 20.0 Å². The number of fused-ring (bicyclic) bond motifs is 1. The van der Waals surface area contributed by atoms with Crippen molar-refractivity contribution < 1.29 is 9.13 Å². The number of halogens is 1. The third kappa shape index (κ3) is 3.27. The largest absolute Gasteiger partial charge is 0.374 e. The Hall–Kier alpha value is -2.38. The Kier molecular flexibility index (Phi) is 4.18. The predicted molar refractivity (Wildman–Crippen MR) is 86.7 cm³/mol. The van der Waals surface area contributed by atoms with Gasteiger partial charge in [0.15, 0.2) is 0 Å². The fourth-order valence-corrected chi connectivity index (χ4v) is 3.16. The zero-order chi connectivity index (χ0) is 16.4. The van der Waals surface area contributed by atoms with Crippen LogP contribution in [0.1, 0.15) is 5.56 Å². The monoisotopic (exact) mass is 327 g/mol. The minimum absolute atomic E-state index is 0.0493. The Bertz CT molecular complexity index is 823. The number of nitrogens with zero attached hydrogens (tertiary/aromatic N) is 5. The Morgan fingerprint density at radius 1 is 1.33 bits per heavy atom. The average Bonchev–Trinajstić information content (AvgIpc) is 3.08. The van der Waals surface area contributed by atoms with Gasteiger partial charge in [-0.1, -0.05) is 6.07 Å². The molecule has 0 aliphatic carbocycles. The highest BCUT2D eigenvalue weighted by atomic mass is 19.1. The van der Waals surface area contributed by atoms with E-state index in [9.17, 15) is 4.39 Å². The maximum absolute atomic E-state index is 13.9. The molecule has 3 heterocycles. The van der Waals surface area contributed by atoms with Crippen LogP contribution in [0.15, 0.2) is 43.1 Å². The summed E-state index contributed by atoms with van der Waals surface area (Å²) in [6, 6.07) is 6.83. The van der Waals surface area contributed by atoms with E-state index >= 15 is 0 Å². The van der Waals surface area contributed by atoms with Crippen LogP contribution in [0.4, 0.5) is 4.39 Å². The molecule has 1 fully saturated rings. The third-order valence-electron chi connectivity index (χ3n) is 4.22. The fraction of sp³-hybridized carbons (Fsp3) is 0.353. The van der Waals surface area contributed by atoms with Crippen molar-refractivity contribution in [2.75, 3.05) is 19.7 Å². The molecule has 0 amide bonds. The highest BCUT2D eigenvalue weighted by molar-refractivity contribution is 5.81. The fourth-order valence-electron chi connectivity index (χ4n) is 3.16. The van der Waals surface area contributed by atoms with Gasteiger partial charge in [0.2, 0.25) is 0 Å². The van der Waals surface area contributed by atoms with E-state index in [1.165, 1.54) is 12.4 Å². The molecule has 0 bridgehead atoms. The summed E-state index contributed by atoms with van der Waals surface area (Å²) < 4.78 is 21.5. The number of benzene rings is 1. The van der Waals surface area contributed by atoms with Gasteiger partial charge in [-0.2, -0.15) is 5.10 Å². The highest BCUT2D eigenvalue weighted by Crippen LogP contribution is 2.21. The van der Waals surface area contributed by atoms with Crippen LogP contribution in [0.3, 0.4) is 0 Å². The first kappa shape index (κ1) is 15.2. The number of hydrogen-bond acceptors (Lipinski definition) is 5. The van der Waals surface area contributed by atoms with Crippen molar-refractivity contribution in [1.29, 1.82) is 0 Å². The number of morpholine rings is 1. The van der Waals surface area contributed by atoms with Crippen molar-refractivity contribution >= 4 is 10.9 Å². The van der Waals surface area contributed by atoms with Crippen LogP contribution in [-0.4, -0.2) is 50.4 Å². The van der Waals surface area contributed by atoms with Crippen molar-refractivity contribution in [2.24, 2.45) is 0 Å². The maximum Gasteiger partial charge on any atom is 0.137 e. The lowest BCUT2D eigenvalue weighted by Gasteiger charge is -2.33. The molecule has 1 atom stereocenters. The average molecular weight is 327 g/mol. The molecule has 4 rings (SSSR count). The second kappa shape index (κ2) is 6.62. The molecular weight excluding hydrogens is 309 g/mol. The van der Waals surface area contributed by atoms with Gasteiger partial charge in [0.1, 0.15) is 18.5 Å². The number of rotatable bonds is 4. The first-order chi connectivity index (χ1) is 11.8. The van der Waals surface area contributed by atoms with Gasteiger partial charge in [-0.15, -0.1) is 0 Å². The maximum atomic E-state index is 13.9. The lowest BCUT2D eigenvalue weighted by molar-refractivity contribution is -0.0401. The molecular formula is C17H18FN5O. The molecule has 0 N–H and O–H groups in total. The Morgan fingerprint density at radius 3 is 3.17 bits per heavy atom. The Labute approximate surface area is 138 Å². The summed E-state index contributed by atoms with van der Waals surface area (Å²) in [5.74, 6) is -0.224. The molecule has 3 aromatic rings. The van der Waals surface area contributed by atoms with Crippen LogP contribution in [0, 0.1) is 5.82 Å². The van der Waals surface area contributed by atoms with Gasteiger partial charge >= 0.3 is 0 Å². The third-order valence-corrected chi connectivity index (χ3v) is 4.22. The summed E-state index contributed by atoms with van der Waals surface area (Å²) in [4.78, 5) is 10.6. The lowest BCUT2D eigenvalue weighted by Crippen LogP contribution is -2.43. The molecule has 6 nitrogen and oxygen atoms in total. The molecule has 0 spiro atoms. The number of hydrogen-bond donors (Lipinski definition) is 0. The van der Waals surface area contributed by atoms with Gasteiger partial charge in [0.25, 0.3) is 0 Å². The van der Waals surface area contributed by atoms with Crippen LogP contribution >= 0.6 is 0 Å². The summed E-state index contributed by atoms with van der Waals surface area (Å²) in [6.45, 7) is 3.56. The molecule has 124 valence electrons. The standard InChI is InChI=1S/C17H18FN5O/c18-15-6-13-2-1-3-20-17(13)14(7-15)8-22-4-5-24-16(9-22)10-23-12-19-11-21-23/h1-3,6-7,11-12,16H,4-5,8-10H2. The van der Waals surface area contributed by atoms with Crippen LogP contribution in [0.2, 0.25) is 0 Å². The molecule has 1 aromatic carbocycles. The predicted octanol–water partition coefficient (Wildman–Crippen LogP) is 1.87. The van der Waals surface area contributed by atoms with Crippen molar-refractivity contribution in [3.8, 4) is 0 Å². The molecule has 7 heteroatoms. The SMILES string of the molecule is Fc1cc(CN2CCOC(Cn3cncn3)C2)c2ncccc2c1. The summed E-state index contributed by atoms with van der Waals surface area (Å²) in [6.07, 6.45) is 5.00. The van der Waals surface area contributed by atoms with Crippen molar-refractivity contribution in [2.45, 2.75) is 19.2 Å². The first-order valence-corrected chi connectivity index (χ1v) is 7.97. The van der Waals surface area contributed by atoms with Crippen molar-refractivity contribution in [3.63, 3.8) is 0 Å². The van der Waals surface area contributed by atoms with Gasteiger partial charge in [-0.05, 0) is 23.8 Å². The quantitative estimate of drug-likeness (QED) is 0.732. The minimum Gasteiger partial charge on any atom is -0.374 e. The summed E-state index contributed by atoms with van der Waals surface area (Å²) in [7, 11) is 0. The summed E-state index contributed by atoms with van der Waals surface area (Å²) in [5.41, 5.74) is 1.77. The number of ether oxygens (including phenoxy) is 1. The van der Waals surface area contributed by atoms with Crippen LogP contribution < -0.4 is 0 Å². The molecule has 2 aromatic heterocycles. The zero-order valence-corrected chi connectivity index (χ0v) is 13.2. The summed E-state index contributed by atoms with van der Waals surface area (Å²) >= 11 is 0. The molecule has 1 saturated heterocycles. The second-order valence-corrected chi connectivity index (χ2v) is 5.99. The van der Waals surface area contributed by atoms with E-state index < -0.39 is 0 Å². The van der Waals surface area contributed by atoms with Gasteiger partial charge in [-0.25, -0.2) is 9.37 Å². The lowest BCUT2D eigenvalue weighted by atomic mass is 10.1. The number of aromatic nitrogens is 4. The molecule has 1 aliphatic heterocycles. The van der Waals surface area contributed by atoms with Gasteiger partial charge in [0.05, 0.1) is 24.8 Å². The van der Waals surface area contributed by atoms with Crippen LogP contribution in [-0.2, 0) is 17.8 Å². The van der Waals surface area contributed by atoms with Gasteiger partial charge in [-0.3, -0.25) is 14.6 Å². The van der Waals surface area contributed by atoms with Gasteiger partial charge in [0, 0.05) is 31.2 Å². The van der Waals surface area contributed by atoms with E-state index in [-0.39, 0.29) is 11.9 Å². The minimum atomic E-state index is -0.224. The molecule has 0 radical (unpaired) electrons. The van der Waals surface area contributed by atoms with E-state index in [0.29, 0.717) is 19.7 Å². The normalized spacial score (nSPS) is 19.0. The van der Waals surface area contributed by atoms with E-state index in [4.69, 9.17) is 4.74 Å². The van der Waals surface area contributed by atoms with Crippen molar-refractivity contribution in [1.82, 2.24) is 24.6 Å². The topological polar surface area (TPSA) is 56.1 Å². The van der Waals surface area contributed by atoms with Crippen LogP contribution in [0.5, 0.6) is 0 Å². The molecule has 0 saturated carbocycles. The highest BCUT2D eigenvalue weighted by Gasteiger charge is 2.22. The van der Waals surface area contributed by atoms with E-state index in [0.717, 1.165) is 29.6 Å². The van der Waals surface area contributed by atoms with Crippen molar-refractivity contribution in [3.05, 3.63) is 54.5 Å². The second-order valence-electron chi connectivity index (χ2n) is 5.99. The van der Waals surface area contributed by atoms with Gasteiger partial charge < -0.3 is 4.74 Å². The molecule has 1 unspecified atom stereocenters. The molecule has 1 aliphatic rings. The Morgan fingerprint density at radius 2 is 2.29 bits per heavy atom.